The number of aromatic nitrogens is 2. The predicted octanol–water partition coefficient (Wildman–Crippen LogP) is 2.02. The number of para-hydroxylation sites is 1. The van der Waals surface area contributed by atoms with Gasteiger partial charge in [-0.2, -0.15) is 4.98 Å². The molecule has 0 unspecified atom stereocenters. The molecule has 0 saturated carbocycles. The maximum atomic E-state index is 5.26. The first-order valence-corrected chi connectivity index (χ1v) is 5.62. The Morgan fingerprint density at radius 3 is 3.06 bits per heavy atom. The van der Waals surface area contributed by atoms with Gasteiger partial charge in [0.15, 0.2) is 0 Å². The molecule has 1 heterocycles. The number of benzene rings is 1. The van der Waals surface area contributed by atoms with Crippen molar-refractivity contribution in [3.63, 3.8) is 0 Å². The molecule has 0 bridgehead atoms. The van der Waals surface area contributed by atoms with E-state index in [-0.39, 0.29) is 0 Å². The number of ether oxygens (including phenoxy) is 1. The van der Waals surface area contributed by atoms with E-state index in [0.717, 1.165) is 11.3 Å². The van der Waals surface area contributed by atoms with Gasteiger partial charge in [-0.1, -0.05) is 23.4 Å². The lowest BCUT2D eigenvalue weighted by molar-refractivity contribution is 0.370. The van der Waals surface area contributed by atoms with Gasteiger partial charge < -0.3 is 14.6 Å². The van der Waals surface area contributed by atoms with Crippen molar-refractivity contribution in [1.82, 2.24) is 15.5 Å². The largest absolute Gasteiger partial charge is 0.496 e. The van der Waals surface area contributed by atoms with Crippen LogP contribution in [0.2, 0.25) is 0 Å². The predicted molar refractivity (Wildman–Crippen MR) is 68.2 cm³/mol. The maximum Gasteiger partial charge on any atom is 0.240 e. The molecule has 0 aliphatic heterocycles. The van der Waals surface area contributed by atoms with E-state index in [0.29, 0.717) is 24.8 Å². The monoisotopic (exact) mass is 245 g/mol. The fraction of sp³-hybridized carbons (Fsp3) is 0.231. The SMILES string of the molecule is C=CCNCc1nc(-c2ccccc2OC)no1. The van der Waals surface area contributed by atoms with Crippen molar-refractivity contribution in [3.8, 4) is 17.1 Å². The van der Waals surface area contributed by atoms with E-state index in [1.807, 2.05) is 24.3 Å². The second kappa shape index (κ2) is 5.97. The molecule has 5 heteroatoms. The molecule has 0 radical (unpaired) electrons. The lowest BCUT2D eigenvalue weighted by Gasteiger charge is -2.03. The van der Waals surface area contributed by atoms with Crippen LogP contribution in [0.5, 0.6) is 5.75 Å². The van der Waals surface area contributed by atoms with Gasteiger partial charge >= 0.3 is 0 Å². The lowest BCUT2D eigenvalue weighted by Crippen LogP contribution is -2.12. The molecule has 94 valence electrons. The molecule has 0 saturated heterocycles. The Labute approximate surface area is 105 Å². The number of methoxy groups -OCH3 is 1. The van der Waals surface area contributed by atoms with Crippen molar-refractivity contribution in [2.24, 2.45) is 0 Å². The Morgan fingerprint density at radius 2 is 2.28 bits per heavy atom. The van der Waals surface area contributed by atoms with Crippen molar-refractivity contribution in [2.75, 3.05) is 13.7 Å². The average molecular weight is 245 g/mol. The Kier molecular flexibility index (Phi) is 4.09. The van der Waals surface area contributed by atoms with E-state index in [9.17, 15) is 0 Å². The number of nitrogens with one attached hydrogen (secondary N) is 1. The Bertz CT molecular complexity index is 522. The van der Waals surface area contributed by atoms with Crippen molar-refractivity contribution < 1.29 is 9.26 Å². The Hall–Kier alpha value is -2.14. The maximum absolute atomic E-state index is 5.26. The zero-order valence-electron chi connectivity index (χ0n) is 10.2. The van der Waals surface area contributed by atoms with Crippen LogP contribution in [0, 0.1) is 0 Å². The van der Waals surface area contributed by atoms with Gasteiger partial charge in [0.2, 0.25) is 11.7 Å². The highest BCUT2D eigenvalue weighted by atomic mass is 16.5. The fourth-order valence-electron chi connectivity index (χ4n) is 1.55. The summed E-state index contributed by atoms with van der Waals surface area (Å²) in [6, 6.07) is 7.56. The van der Waals surface area contributed by atoms with Crippen molar-refractivity contribution >= 4 is 0 Å². The molecule has 0 fully saturated rings. The molecule has 0 atom stereocenters. The highest BCUT2D eigenvalue weighted by Gasteiger charge is 2.12. The van der Waals surface area contributed by atoms with Crippen LogP contribution in [-0.4, -0.2) is 23.8 Å². The summed E-state index contributed by atoms with van der Waals surface area (Å²) in [7, 11) is 1.62. The standard InChI is InChI=1S/C13H15N3O2/c1-3-8-14-9-12-15-13(16-18-12)10-6-4-5-7-11(10)17-2/h3-7,14H,1,8-9H2,2H3. The quantitative estimate of drug-likeness (QED) is 0.623. The topological polar surface area (TPSA) is 60.2 Å². The van der Waals surface area contributed by atoms with Crippen LogP contribution in [0.15, 0.2) is 41.4 Å². The van der Waals surface area contributed by atoms with E-state index in [2.05, 4.69) is 22.0 Å². The second-order valence-corrected chi connectivity index (χ2v) is 3.63. The van der Waals surface area contributed by atoms with E-state index in [4.69, 9.17) is 9.26 Å². The van der Waals surface area contributed by atoms with Crippen molar-refractivity contribution in [1.29, 1.82) is 0 Å². The molecule has 2 aromatic rings. The van der Waals surface area contributed by atoms with Gasteiger partial charge in [0, 0.05) is 6.54 Å². The molecular formula is C13H15N3O2. The summed E-state index contributed by atoms with van der Waals surface area (Å²) in [4.78, 5) is 4.31. The minimum Gasteiger partial charge on any atom is -0.496 e. The first-order chi connectivity index (χ1) is 8.85. The molecule has 5 nitrogen and oxygen atoms in total. The van der Waals surface area contributed by atoms with Crippen molar-refractivity contribution in [2.45, 2.75) is 6.54 Å². The summed E-state index contributed by atoms with van der Waals surface area (Å²) in [5.41, 5.74) is 0.818. The van der Waals surface area contributed by atoms with Crippen LogP contribution < -0.4 is 10.1 Å². The summed E-state index contributed by atoms with van der Waals surface area (Å²) < 4.78 is 10.4. The molecule has 1 aromatic carbocycles. The summed E-state index contributed by atoms with van der Waals surface area (Å²) in [5.74, 6) is 1.80. The third-order valence-corrected chi connectivity index (χ3v) is 2.38. The Morgan fingerprint density at radius 1 is 1.44 bits per heavy atom. The lowest BCUT2D eigenvalue weighted by atomic mass is 10.2. The smallest absolute Gasteiger partial charge is 0.240 e. The molecule has 1 aromatic heterocycles. The molecule has 0 aliphatic rings. The van der Waals surface area contributed by atoms with Gasteiger partial charge in [-0.05, 0) is 12.1 Å². The van der Waals surface area contributed by atoms with Gasteiger partial charge in [0.25, 0.3) is 0 Å². The third kappa shape index (κ3) is 2.75. The molecule has 0 spiro atoms. The van der Waals surface area contributed by atoms with Gasteiger partial charge in [0.05, 0.1) is 19.2 Å². The number of hydrogen-bond acceptors (Lipinski definition) is 5. The minimum atomic E-state index is 0.522. The first-order valence-electron chi connectivity index (χ1n) is 5.62. The van der Waals surface area contributed by atoms with Crippen LogP contribution in [0.25, 0.3) is 11.4 Å². The number of nitrogens with zero attached hydrogens (tertiary/aromatic N) is 2. The summed E-state index contributed by atoms with van der Waals surface area (Å²) >= 11 is 0. The normalized spacial score (nSPS) is 10.3. The molecule has 0 amide bonds. The molecule has 0 aliphatic carbocycles. The molecular weight excluding hydrogens is 230 g/mol. The van der Waals surface area contributed by atoms with Gasteiger partial charge in [-0.25, -0.2) is 0 Å². The second-order valence-electron chi connectivity index (χ2n) is 3.63. The first kappa shape index (κ1) is 12.3. The van der Waals surface area contributed by atoms with Crippen LogP contribution in [0.3, 0.4) is 0 Å². The zero-order valence-corrected chi connectivity index (χ0v) is 10.2. The molecule has 18 heavy (non-hydrogen) atoms. The zero-order chi connectivity index (χ0) is 12.8. The van der Waals surface area contributed by atoms with Crippen LogP contribution in [-0.2, 0) is 6.54 Å². The van der Waals surface area contributed by atoms with Crippen LogP contribution in [0.4, 0.5) is 0 Å². The minimum absolute atomic E-state index is 0.522. The fourth-order valence-corrected chi connectivity index (χ4v) is 1.55. The summed E-state index contributed by atoms with van der Waals surface area (Å²) in [6.45, 7) is 4.84. The highest BCUT2D eigenvalue weighted by molar-refractivity contribution is 5.63. The van der Waals surface area contributed by atoms with E-state index >= 15 is 0 Å². The van der Waals surface area contributed by atoms with Gasteiger partial charge in [0.1, 0.15) is 5.75 Å². The summed E-state index contributed by atoms with van der Waals surface area (Å²) in [6.07, 6.45) is 1.78. The van der Waals surface area contributed by atoms with E-state index < -0.39 is 0 Å². The van der Waals surface area contributed by atoms with Gasteiger partial charge in [-0.3, -0.25) is 0 Å². The third-order valence-electron chi connectivity index (χ3n) is 2.38. The average Bonchev–Trinajstić information content (AvgIpc) is 2.88. The molecule has 1 N–H and O–H groups in total. The van der Waals surface area contributed by atoms with Crippen molar-refractivity contribution in [3.05, 3.63) is 42.8 Å². The highest BCUT2D eigenvalue weighted by Crippen LogP contribution is 2.26. The summed E-state index contributed by atoms with van der Waals surface area (Å²) in [5, 5.41) is 7.04. The number of hydrogen-bond donors (Lipinski definition) is 1. The number of rotatable bonds is 6. The van der Waals surface area contributed by atoms with Gasteiger partial charge in [-0.15, -0.1) is 6.58 Å². The van der Waals surface area contributed by atoms with Crippen LogP contribution in [0.1, 0.15) is 5.89 Å². The van der Waals surface area contributed by atoms with E-state index in [1.54, 1.807) is 13.2 Å². The van der Waals surface area contributed by atoms with Crippen LogP contribution >= 0.6 is 0 Å². The van der Waals surface area contributed by atoms with E-state index in [1.165, 1.54) is 0 Å². The Balaban J connectivity index is 2.16. The molecule has 2 rings (SSSR count).